The number of hydrogen-bond acceptors (Lipinski definition) is 8. The molecule has 8 nitrogen and oxygen atoms in total. The molecule has 322 valence electrons. The van der Waals surface area contributed by atoms with Gasteiger partial charge in [0.15, 0.2) is 11.2 Å². The molecule has 0 amide bonds. The molecule has 0 aliphatic rings. The maximum Gasteiger partial charge on any atom is 0.155 e. The normalized spacial score (nSPS) is 12.1. The van der Waals surface area contributed by atoms with Crippen LogP contribution in [0.2, 0.25) is 0 Å². The number of pyridine rings is 3. The summed E-state index contributed by atoms with van der Waals surface area (Å²) in [5, 5.41) is 14.2. The number of nitrogens with zero attached hydrogens (tertiary/aromatic N) is 5. The Kier molecular flexibility index (Phi) is 7.91. The van der Waals surface area contributed by atoms with Gasteiger partial charge in [0, 0.05) is 97.6 Å². The van der Waals surface area contributed by atoms with Crippen LogP contribution in [0.1, 0.15) is 0 Å². The lowest BCUT2D eigenvalue weighted by Crippen LogP contribution is -2.11. The molecule has 8 heteroatoms. The first kappa shape index (κ1) is 37.7. The van der Waals surface area contributed by atoms with Crippen LogP contribution in [0.4, 0.5) is 34.1 Å². The fourth-order valence-corrected chi connectivity index (χ4v) is 10.7. The first-order chi connectivity index (χ1) is 34.2. The molecule has 0 bridgehead atoms. The zero-order valence-electron chi connectivity index (χ0n) is 36.7. The molecule has 0 radical (unpaired) electrons. The molecular formula is C61H35N5O3. The average molecular weight is 886 g/mol. The number of furan rings is 3. The zero-order chi connectivity index (χ0) is 45.2. The van der Waals surface area contributed by atoms with E-state index < -0.39 is 0 Å². The highest BCUT2D eigenvalue weighted by atomic mass is 16.3. The highest BCUT2D eigenvalue weighted by Crippen LogP contribution is 2.47. The van der Waals surface area contributed by atoms with Crippen LogP contribution >= 0.6 is 0 Å². The Balaban J connectivity index is 0.933. The number of aromatic nitrogens is 3. The van der Waals surface area contributed by atoms with Crippen molar-refractivity contribution in [1.82, 2.24) is 15.0 Å². The lowest BCUT2D eigenvalue weighted by molar-refractivity contribution is 0.667. The van der Waals surface area contributed by atoms with E-state index in [0.717, 1.165) is 121 Å². The smallest absolute Gasteiger partial charge is 0.155 e. The third-order valence-electron chi connectivity index (χ3n) is 13.8. The van der Waals surface area contributed by atoms with Crippen molar-refractivity contribution in [3.8, 4) is 0 Å². The van der Waals surface area contributed by atoms with Gasteiger partial charge in [0.05, 0.1) is 29.5 Å². The maximum atomic E-state index is 6.95. The third kappa shape index (κ3) is 5.72. The van der Waals surface area contributed by atoms with E-state index in [1.165, 1.54) is 16.2 Å². The monoisotopic (exact) mass is 885 g/mol. The second kappa shape index (κ2) is 14.5. The van der Waals surface area contributed by atoms with E-state index in [-0.39, 0.29) is 0 Å². The number of rotatable bonds is 6. The van der Waals surface area contributed by atoms with Crippen molar-refractivity contribution in [2.45, 2.75) is 0 Å². The first-order valence-electron chi connectivity index (χ1n) is 22.9. The van der Waals surface area contributed by atoms with Gasteiger partial charge in [0.1, 0.15) is 27.8 Å². The molecule has 0 atom stereocenters. The summed E-state index contributed by atoms with van der Waals surface area (Å²) in [5.41, 5.74) is 11.0. The van der Waals surface area contributed by atoms with Crippen molar-refractivity contribution in [3.05, 3.63) is 213 Å². The molecule has 0 unspecified atom stereocenters. The van der Waals surface area contributed by atoms with E-state index >= 15 is 0 Å². The molecule has 9 aromatic carbocycles. The van der Waals surface area contributed by atoms with Crippen LogP contribution in [0.25, 0.3) is 109 Å². The van der Waals surface area contributed by atoms with Crippen LogP contribution in [0, 0.1) is 0 Å². The van der Waals surface area contributed by atoms with Gasteiger partial charge in [-0.15, -0.1) is 0 Å². The summed E-state index contributed by atoms with van der Waals surface area (Å²) in [6.07, 6.45) is 9.16. The van der Waals surface area contributed by atoms with Gasteiger partial charge in [-0.2, -0.15) is 0 Å². The van der Waals surface area contributed by atoms with Crippen LogP contribution in [-0.4, -0.2) is 15.0 Å². The molecule has 6 heterocycles. The van der Waals surface area contributed by atoms with Crippen molar-refractivity contribution < 1.29 is 13.3 Å². The van der Waals surface area contributed by atoms with Gasteiger partial charge in [-0.25, -0.2) is 4.98 Å². The molecular weight excluding hydrogens is 851 g/mol. The second-order valence-electron chi connectivity index (χ2n) is 17.6. The molecule has 69 heavy (non-hydrogen) atoms. The summed E-state index contributed by atoms with van der Waals surface area (Å²) in [4.78, 5) is 18.5. The third-order valence-corrected chi connectivity index (χ3v) is 13.8. The van der Waals surface area contributed by atoms with E-state index in [1.54, 1.807) is 18.6 Å². The van der Waals surface area contributed by atoms with Crippen molar-refractivity contribution in [2.75, 3.05) is 9.80 Å². The molecule has 6 aromatic heterocycles. The Bertz CT molecular complexity index is 4320. The van der Waals surface area contributed by atoms with Crippen molar-refractivity contribution >= 4 is 143 Å². The van der Waals surface area contributed by atoms with Gasteiger partial charge in [0.2, 0.25) is 0 Å². The van der Waals surface area contributed by atoms with Crippen LogP contribution in [-0.2, 0) is 0 Å². The average Bonchev–Trinajstić information content (AvgIpc) is 4.09. The Morgan fingerprint density at radius 1 is 0.290 bits per heavy atom. The fraction of sp³-hybridized carbons (Fsp3) is 0. The number of hydrogen-bond donors (Lipinski definition) is 0. The minimum atomic E-state index is 0.672. The van der Waals surface area contributed by atoms with Crippen molar-refractivity contribution in [2.24, 2.45) is 0 Å². The maximum absolute atomic E-state index is 6.95. The van der Waals surface area contributed by atoms with Crippen LogP contribution < -0.4 is 9.80 Å². The minimum absolute atomic E-state index is 0.672. The van der Waals surface area contributed by atoms with Crippen LogP contribution in [0.3, 0.4) is 0 Å². The largest absolute Gasteiger partial charge is 0.456 e. The van der Waals surface area contributed by atoms with Gasteiger partial charge in [-0.3, -0.25) is 9.97 Å². The van der Waals surface area contributed by atoms with Gasteiger partial charge in [-0.1, -0.05) is 97.1 Å². The van der Waals surface area contributed by atoms with Crippen molar-refractivity contribution in [3.63, 3.8) is 0 Å². The Morgan fingerprint density at radius 3 is 1.41 bits per heavy atom. The van der Waals surface area contributed by atoms with Gasteiger partial charge >= 0.3 is 0 Å². The molecule has 0 spiro atoms. The molecule has 0 N–H and O–H groups in total. The SMILES string of the molecule is c1ccc2c(c1)cc(N(c1ccc3c(c1)oc1ccncc13)c1ccc3c(c1)oc1cc(N(c4ccc5c(c4)oc4cnccc45)c4cc5ccccc5c5ccccc45)cnc13)c1ccccc12. The summed E-state index contributed by atoms with van der Waals surface area (Å²) in [5.74, 6) is 0. The van der Waals surface area contributed by atoms with E-state index in [9.17, 15) is 0 Å². The molecule has 15 rings (SSSR count). The van der Waals surface area contributed by atoms with E-state index in [1.807, 2.05) is 24.5 Å². The Labute approximate surface area is 392 Å². The van der Waals surface area contributed by atoms with Gasteiger partial charge in [0.25, 0.3) is 0 Å². The summed E-state index contributed by atoms with van der Waals surface area (Å²) in [6, 6.07) is 64.2. The predicted octanol–water partition coefficient (Wildman–Crippen LogP) is 17.1. The summed E-state index contributed by atoms with van der Waals surface area (Å²) in [7, 11) is 0. The lowest BCUT2D eigenvalue weighted by Gasteiger charge is -2.27. The molecule has 15 aromatic rings. The number of anilines is 6. The van der Waals surface area contributed by atoms with E-state index in [2.05, 4.69) is 190 Å². The highest BCUT2D eigenvalue weighted by Gasteiger charge is 2.24. The Hall–Kier alpha value is -9.53. The molecule has 0 fully saturated rings. The number of fused-ring (bicyclic) bond motifs is 15. The summed E-state index contributed by atoms with van der Waals surface area (Å²) < 4.78 is 19.8. The fourth-order valence-electron chi connectivity index (χ4n) is 10.7. The van der Waals surface area contributed by atoms with Crippen molar-refractivity contribution in [1.29, 1.82) is 0 Å². The van der Waals surface area contributed by atoms with E-state index in [0.29, 0.717) is 5.58 Å². The zero-order valence-corrected chi connectivity index (χ0v) is 36.7. The standard InChI is InChI=1S/C61H35N5O3/c1-3-11-42-36(9-1)27-53(46-15-7-5-13-44(42)46)65(38-18-21-49-52-34-62-26-24-55(52)67-57(49)29-38)39-19-22-51-58(31-39)68-59-32-41(33-64-61(51)59)66(40-17-20-48-50-23-25-63-35-60(50)69-56(48)30-40)54-28-37-10-2-4-12-43(37)45-14-6-8-16-47(45)54/h1-35H. The van der Waals surface area contributed by atoms with Gasteiger partial charge < -0.3 is 23.1 Å². The number of benzene rings is 9. The second-order valence-corrected chi connectivity index (χ2v) is 17.6. The minimum Gasteiger partial charge on any atom is -0.456 e. The highest BCUT2D eigenvalue weighted by molar-refractivity contribution is 6.17. The summed E-state index contributed by atoms with van der Waals surface area (Å²) >= 11 is 0. The molecule has 0 aliphatic heterocycles. The van der Waals surface area contributed by atoms with E-state index in [4.69, 9.17) is 18.2 Å². The van der Waals surface area contributed by atoms with Crippen LogP contribution in [0.15, 0.2) is 226 Å². The molecule has 0 saturated carbocycles. The Morgan fingerprint density at radius 2 is 0.754 bits per heavy atom. The molecule has 0 aliphatic carbocycles. The first-order valence-corrected chi connectivity index (χ1v) is 22.9. The summed E-state index contributed by atoms with van der Waals surface area (Å²) in [6.45, 7) is 0. The topological polar surface area (TPSA) is 84.6 Å². The predicted molar refractivity (Wildman–Crippen MR) is 281 cm³/mol. The quantitative estimate of drug-likeness (QED) is 0.153. The lowest BCUT2D eigenvalue weighted by atomic mass is 9.99. The van der Waals surface area contributed by atoms with Gasteiger partial charge in [-0.05, 0) is 93.0 Å². The molecule has 0 saturated heterocycles. The van der Waals surface area contributed by atoms with Crippen LogP contribution in [0.5, 0.6) is 0 Å².